The number of nitrogens with zero attached hydrogens (tertiary/aromatic N) is 2. The number of halogens is 1. The monoisotopic (exact) mass is 370 g/mol. The molecular formula is C14H15BrN2O3S. The van der Waals surface area contributed by atoms with Gasteiger partial charge in [-0.1, -0.05) is 6.92 Å². The summed E-state index contributed by atoms with van der Waals surface area (Å²) in [7, 11) is -3.26. The van der Waals surface area contributed by atoms with E-state index in [1.54, 1.807) is 10.9 Å². The molecule has 0 radical (unpaired) electrons. The molecule has 2 aromatic rings. The first-order chi connectivity index (χ1) is 9.84. The van der Waals surface area contributed by atoms with Crippen LogP contribution in [-0.2, 0) is 16.4 Å². The molecule has 0 unspecified atom stereocenters. The summed E-state index contributed by atoms with van der Waals surface area (Å²) in [5, 5.41) is 4.16. The van der Waals surface area contributed by atoms with Gasteiger partial charge in [0.05, 0.1) is 15.6 Å². The van der Waals surface area contributed by atoms with Crippen molar-refractivity contribution in [2.75, 3.05) is 6.26 Å². The number of sulfone groups is 1. The van der Waals surface area contributed by atoms with E-state index < -0.39 is 9.84 Å². The molecule has 0 aliphatic carbocycles. The van der Waals surface area contributed by atoms with Gasteiger partial charge in [-0.05, 0) is 46.6 Å². The Labute approximate surface area is 132 Å². The molecule has 1 aromatic heterocycles. The molecule has 1 aromatic carbocycles. The molecule has 7 heteroatoms. The third-order valence-corrected chi connectivity index (χ3v) is 4.70. The summed E-state index contributed by atoms with van der Waals surface area (Å²) >= 11 is 3.33. The Kier molecular flexibility index (Phi) is 4.63. The zero-order chi connectivity index (χ0) is 15.6. The van der Waals surface area contributed by atoms with Crippen molar-refractivity contribution < 1.29 is 13.2 Å². The van der Waals surface area contributed by atoms with Crippen molar-refractivity contribution in [2.24, 2.45) is 0 Å². The number of hydrogen-bond acceptors (Lipinski definition) is 4. The number of rotatable bonds is 5. The van der Waals surface area contributed by atoms with Crippen LogP contribution in [0.1, 0.15) is 29.4 Å². The van der Waals surface area contributed by atoms with Gasteiger partial charge in [0.1, 0.15) is 5.69 Å². The summed E-state index contributed by atoms with van der Waals surface area (Å²) in [5.41, 5.74) is 0.907. The highest BCUT2D eigenvalue weighted by Crippen LogP contribution is 2.21. The minimum absolute atomic E-state index is 0.187. The highest BCUT2D eigenvalue weighted by Gasteiger charge is 2.19. The van der Waals surface area contributed by atoms with Crippen LogP contribution < -0.4 is 0 Å². The average Bonchev–Trinajstić information content (AvgIpc) is 2.79. The van der Waals surface area contributed by atoms with Gasteiger partial charge in [0.25, 0.3) is 0 Å². The average molecular weight is 371 g/mol. The van der Waals surface area contributed by atoms with Crippen LogP contribution >= 0.6 is 15.9 Å². The molecule has 21 heavy (non-hydrogen) atoms. The molecule has 2 rings (SSSR count). The first-order valence-corrected chi connectivity index (χ1v) is 9.09. The Morgan fingerprint density at radius 2 is 1.90 bits per heavy atom. The molecule has 0 aliphatic rings. The van der Waals surface area contributed by atoms with Crippen molar-refractivity contribution in [3.63, 3.8) is 0 Å². The highest BCUT2D eigenvalue weighted by molar-refractivity contribution is 9.10. The molecule has 0 spiro atoms. The second-order valence-corrected chi connectivity index (χ2v) is 7.56. The number of ketones is 1. The normalized spacial score (nSPS) is 11.6. The zero-order valence-corrected chi connectivity index (χ0v) is 14.1. The lowest BCUT2D eigenvalue weighted by Gasteiger charge is -2.07. The molecular weight excluding hydrogens is 356 g/mol. The van der Waals surface area contributed by atoms with Gasteiger partial charge in [-0.2, -0.15) is 5.10 Å². The van der Waals surface area contributed by atoms with Crippen molar-refractivity contribution in [3.8, 4) is 0 Å². The summed E-state index contributed by atoms with van der Waals surface area (Å²) in [5.74, 6) is -0.187. The van der Waals surface area contributed by atoms with E-state index in [1.165, 1.54) is 24.3 Å². The minimum Gasteiger partial charge on any atom is -0.287 e. The molecule has 5 nitrogen and oxygen atoms in total. The van der Waals surface area contributed by atoms with Gasteiger partial charge in [0.2, 0.25) is 5.78 Å². The second kappa shape index (κ2) is 6.11. The summed E-state index contributed by atoms with van der Waals surface area (Å²) in [6.07, 6.45) is 3.59. The quantitative estimate of drug-likeness (QED) is 0.758. The van der Waals surface area contributed by atoms with Crippen LogP contribution in [0.15, 0.2) is 39.8 Å². The van der Waals surface area contributed by atoms with Crippen LogP contribution in [0.3, 0.4) is 0 Å². The predicted molar refractivity (Wildman–Crippen MR) is 83.2 cm³/mol. The maximum absolute atomic E-state index is 12.5. The second-order valence-electron chi connectivity index (χ2n) is 4.69. The van der Waals surface area contributed by atoms with Gasteiger partial charge in [0, 0.05) is 18.4 Å². The molecule has 112 valence electrons. The third-order valence-electron chi connectivity index (χ3n) is 2.99. The van der Waals surface area contributed by atoms with Crippen LogP contribution in [0.4, 0.5) is 0 Å². The minimum atomic E-state index is -3.26. The number of hydrogen-bond donors (Lipinski definition) is 0. The summed E-state index contributed by atoms with van der Waals surface area (Å²) in [6, 6.07) is 5.93. The van der Waals surface area contributed by atoms with Crippen LogP contribution in [0, 0.1) is 0 Å². The molecule has 0 bridgehead atoms. The lowest BCUT2D eigenvalue weighted by molar-refractivity contribution is 0.102. The highest BCUT2D eigenvalue weighted by atomic mass is 79.9. The van der Waals surface area contributed by atoms with Crippen molar-refractivity contribution in [3.05, 3.63) is 46.2 Å². The lowest BCUT2D eigenvalue weighted by atomic mass is 10.1. The molecule has 0 N–H and O–H groups in total. The van der Waals surface area contributed by atoms with Gasteiger partial charge >= 0.3 is 0 Å². The van der Waals surface area contributed by atoms with Gasteiger partial charge in [-0.15, -0.1) is 0 Å². The first-order valence-electron chi connectivity index (χ1n) is 6.40. The Hall–Kier alpha value is -1.47. The Morgan fingerprint density at radius 1 is 1.29 bits per heavy atom. The summed E-state index contributed by atoms with van der Waals surface area (Å²) < 4.78 is 25.1. The molecule has 0 atom stereocenters. The van der Waals surface area contributed by atoms with E-state index in [0.29, 0.717) is 22.3 Å². The van der Waals surface area contributed by atoms with E-state index >= 15 is 0 Å². The van der Waals surface area contributed by atoms with E-state index in [9.17, 15) is 13.2 Å². The van der Waals surface area contributed by atoms with Gasteiger partial charge in [-0.3, -0.25) is 9.48 Å². The number of aromatic nitrogens is 2. The smallest absolute Gasteiger partial charge is 0.212 e. The van der Waals surface area contributed by atoms with Gasteiger partial charge in [-0.25, -0.2) is 8.42 Å². The fourth-order valence-corrected chi connectivity index (χ4v) is 3.07. The van der Waals surface area contributed by atoms with E-state index in [4.69, 9.17) is 0 Å². The standard InChI is InChI=1S/C14H15BrN2O3S/c1-3-8-17-13(12(15)9-16-17)14(18)10-4-6-11(7-5-10)21(2,19)20/h4-7,9H,3,8H2,1-2H3. The van der Waals surface area contributed by atoms with E-state index in [2.05, 4.69) is 21.0 Å². The van der Waals surface area contributed by atoms with Crippen molar-refractivity contribution >= 4 is 31.6 Å². The van der Waals surface area contributed by atoms with Gasteiger partial charge < -0.3 is 0 Å². The molecule has 1 heterocycles. The molecule has 0 saturated heterocycles. The first kappa shape index (κ1) is 15.9. The van der Waals surface area contributed by atoms with Crippen LogP contribution in [0.2, 0.25) is 0 Å². The number of carbonyl (C=O) groups excluding carboxylic acids is 1. The van der Waals surface area contributed by atoms with Crippen LogP contribution in [0.25, 0.3) is 0 Å². The van der Waals surface area contributed by atoms with Crippen molar-refractivity contribution in [1.29, 1.82) is 0 Å². The number of carbonyl (C=O) groups is 1. The van der Waals surface area contributed by atoms with Crippen molar-refractivity contribution in [2.45, 2.75) is 24.8 Å². The largest absolute Gasteiger partial charge is 0.287 e. The molecule has 0 aliphatic heterocycles. The molecule has 0 saturated carbocycles. The maximum Gasteiger partial charge on any atom is 0.212 e. The van der Waals surface area contributed by atoms with E-state index in [-0.39, 0.29) is 10.7 Å². The van der Waals surface area contributed by atoms with Gasteiger partial charge in [0.15, 0.2) is 9.84 Å². The fraction of sp³-hybridized carbons (Fsp3) is 0.286. The zero-order valence-electron chi connectivity index (χ0n) is 11.7. The van der Waals surface area contributed by atoms with Crippen molar-refractivity contribution in [1.82, 2.24) is 9.78 Å². The maximum atomic E-state index is 12.5. The number of aryl methyl sites for hydroxylation is 1. The fourth-order valence-electron chi connectivity index (χ4n) is 1.96. The lowest BCUT2D eigenvalue weighted by Crippen LogP contribution is -2.12. The van der Waals surface area contributed by atoms with Crippen LogP contribution in [0.5, 0.6) is 0 Å². The SMILES string of the molecule is CCCn1ncc(Br)c1C(=O)c1ccc(S(C)(=O)=O)cc1. The third kappa shape index (κ3) is 3.41. The Bertz CT molecular complexity index is 764. The van der Waals surface area contributed by atoms with E-state index in [1.807, 2.05) is 6.92 Å². The summed E-state index contributed by atoms with van der Waals surface area (Å²) in [4.78, 5) is 12.7. The summed E-state index contributed by atoms with van der Waals surface area (Å²) in [6.45, 7) is 2.65. The number of benzene rings is 1. The van der Waals surface area contributed by atoms with E-state index in [0.717, 1.165) is 12.7 Å². The predicted octanol–water partition coefficient (Wildman–Crippen LogP) is 2.69. The molecule has 0 fully saturated rings. The topological polar surface area (TPSA) is 69.0 Å². The Balaban J connectivity index is 2.39. The molecule has 0 amide bonds. The Morgan fingerprint density at radius 3 is 2.43 bits per heavy atom. The van der Waals surface area contributed by atoms with Crippen LogP contribution in [-0.4, -0.2) is 30.2 Å².